The number of rotatable bonds is 9. The Hall–Kier alpha value is -1.71. The minimum absolute atomic E-state index is 0.0170. The Kier molecular flexibility index (Phi) is 7.78. The molecule has 0 spiro atoms. The number of ketones is 1. The van der Waals surface area contributed by atoms with Gasteiger partial charge >= 0.3 is 0 Å². The van der Waals surface area contributed by atoms with Crippen LogP contribution in [0.3, 0.4) is 0 Å². The second-order valence-electron chi connectivity index (χ2n) is 5.79. The molecule has 1 N–H and O–H groups in total. The number of amides is 1. The second-order valence-corrected chi connectivity index (χ2v) is 5.79. The van der Waals surface area contributed by atoms with Crippen molar-refractivity contribution < 1.29 is 14.0 Å². The lowest BCUT2D eigenvalue weighted by Gasteiger charge is -2.19. The summed E-state index contributed by atoms with van der Waals surface area (Å²) in [6.07, 6.45) is 4.03. The Morgan fingerprint density at radius 2 is 1.82 bits per heavy atom. The molecule has 22 heavy (non-hydrogen) atoms. The molecule has 0 saturated heterocycles. The van der Waals surface area contributed by atoms with Crippen molar-refractivity contribution in [1.82, 2.24) is 5.32 Å². The molecule has 0 unspecified atom stereocenters. The third kappa shape index (κ3) is 5.96. The van der Waals surface area contributed by atoms with Gasteiger partial charge in [-0.15, -0.1) is 0 Å². The van der Waals surface area contributed by atoms with Crippen LogP contribution in [0.25, 0.3) is 0 Å². The highest BCUT2D eigenvalue weighted by molar-refractivity contribution is 5.96. The van der Waals surface area contributed by atoms with Crippen molar-refractivity contribution >= 4 is 11.7 Å². The number of Topliss-reactive ketones (excluding diaryl/α,β-unsaturated/α-hetero) is 1. The van der Waals surface area contributed by atoms with E-state index < -0.39 is 0 Å². The number of carbonyl (C=O) groups excluding carboxylic acids is 2. The maximum absolute atomic E-state index is 12.8. The first kappa shape index (κ1) is 18.3. The molecule has 0 radical (unpaired) electrons. The van der Waals surface area contributed by atoms with E-state index in [4.69, 9.17) is 0 Å². The van der Waals surface area contributed by atoms with Gasteiger partial charge in [0.1, 0.15) is 5.82 Å². The lowest BCUT2D eigenvalue weighted by molar-refractivity contribution is -0.125. The summed E-state index contributed by atoms with van der Waals surface area (Å²) in [6.45, 7) is 5.94. The molecule has 0 aliphatic heterocycles. The molecule has 0 bridgehead atoms. The van der Waals surface area contributed by atoms with Gasteiger partial charge in [-0.3, -0.25) is 9.59 Å². The minimum Gasteiger partial charge on any atom is -0.353 e. The van der Waals surface area contributed by atoms with Crippen molar-refractivity contribution in [2.45, 2.75) is 58.9 Å². The summed E-state index contributed by atoms with van der Waals surface area (Å²) in [4.78, 5) is 24.3. The van der Waals surface area contributed by atoms with Gasteiger partial charge in [0.05, 0.1) is 0 Å². The van der Waals surface area contributed by atoms with Crippen molar-refractivity contribution in [3.63, 3.8) is 0 Å². The fourth-order valence-electron chi connectivity index (χ4n) is 2.41. The van der Waals surface area contributed by atoms with E-state index in [0.29, 0.717) is 5.56 Å². The zero-order valence-electron chi connectivity index (χ0n) is 13.7. The summed E-state index contributed by atoms with van der Waals surface area (Å²) < 4.78 is 12.8. The van der Waals surface area contributed by atoms with Crippen LogP contribution in [0.2, 0.25) is 0 Å². The van der Waals surface area contributed by atoms with Gasteiger partial charge < -0.3 is 5.32 Å². The first-order valence-corrected chi connectivity index (χ1v) is 8.07. The van der Waals surface area contributed by atoms with Gasteiger partial charge in [0.2, 0.25) is 5.91 Å². The highest BCUT2D eigenvalue weighted by Crippen LogP contribution is 2.14. The van der Waals surface area contributed by atoms with Crippen LogP contribution in [-0.2, 0) is 4.79 Å². The lowest BCUT2D eigenvalue weighted by Crippen LogP contribution is -2.38. The Morgan fingerprint density at radius 3 is 2.36 bits per heavy atom. The van der Waals surface area contributed by atoms with Gasteiger partial charge in [-0.25, -0.2) is 4.39 Å². The molecule has 0 saturated carbocycles. The molecule has 0 aliphatic carbocycles. The quantitative estimate of drug-likeness (QED) is 0.698. The van der Waals surface area contributed by atoms with Crippen LogP contribution < -0.4 is 5.32 Å². The molecule has 3 nitrogen and oxygen atoms in total. The smallest absolute Gasteiger partial charge is 0.223 e. The number of nitrogens with one attached hydrogen (secondary N) is 1. The van der Waals surface area contributed by atoms with Gasteiger partial charge in [-0.2, -0.15) is 0 Å². The number of hydrogen-bond donors (Lipinski definition) is 1. The number of benzene rings is 1. The fourth-order valence-corrected chi connectivity index (χ4v) is 2.41. The van der Waals surface area contributed by atoms with E-state index >= 15 is 0 Å². The van der Waals surface area contributed by atoms with Crippen LogP contribution in [0.5, 0.6) is 0 Å². The average Bonchev–Trinajstić information content (AvgIpc) is 2.48. The van der Waals surface area contributed by atoms with Crippen molar-refractivity contribution in [2.24, 2.45) is 5.92 Å². The Labute approximate surface area is 132 Å². The van der Waals surface area contributed by atoms with E-state index in [0.717, 1.165) is 25.7 Å². The lowest BCUT2D eigenvalue weighted by atomic mass is 9.97. The first-order valence-electron chi connectivity index (χ1n) is 8.07. The Bertz CT molecular complexity index is 484. The molecule has 0 heterocycles. The van der Waals surface area contributed by atoms with Crippen LogP contribution in [0.4, 0.5) is 4.39 Å². The molecule has 1 amide bonds. The topological polar surface area (TPSA) is 46.2 Å². The SMILES string of the molecule is CCCC[C@@H](CC)C(=O)N[C@@H](C)CC(=O)c1ccc(F)cc1. The van der Waals surface area contributed by atoms with E-state index in [2.05, 4.69) is 12.2 Å². The molecular weight excluding hydrogens is 281 g/mol. The minimum atomic E-state index is -0.361. The largest absolute Gasteiger partial charge is 0.353 e. The number of hydrogen-bond acceptors (Lipinski definition) is 2. The number of halogens is 1. The highest BCUT2D eigenvalue weighted by atomic mass is 19.1. The monoisotopic (exact) mass is 307 g/mol. The predicted octanol–water partition coefficient (Wildman–Crippen LogP) is 4.12. The van der Waals surface area contributed by atoms with Crippen molar-refractivity contribution in [3.05, 3.63) is 35.6 Å². The van der Waals surface area contributed by atoms with Gasteiger partial charge in [0.15, 0.2) is 5.78 Å². The van der Waals surface area contributed by atoms with Crippen LogP contribution in [0, 0.1) is 11.7 Å². The van der Waals surface area contributed by atoms with E-state index in [1.807, 2.05) is 13.8 Å². The average molecular weight is 307 g/mol. The zero-order chi connectivity index (χ0) is 16.5. The summed E-state index contributed by atoms with van der Waals surface area (Å²) in [5.74, 6) is -0.410. The van der Waals surface area contributed by atoms with Gasteiger partial charge in [0, 0.05) is 23.9 Å². The summed E-state index contributed by atoms with van der Waals surface area (Å²) >= 11 is 0. The van der Waals surface area contributed by atoms with Crippen molar-refractivity contribution in [1.29, 1.82) is 0 Å². The Morgan fingerprint density at radius 1 is 1.18 bits per heavy atom. The normalized spacial score (nSPS) is 13.5. The summed E-state index contributed by atoms with van der Waals surface area (Å²) in [7, 11) is 0. The van der Waals surface area contributed by atoms with E-state index in [-0.39, 0.29) is 35.9 Å². The van der Waals surface area contributed by atoms with E-state index in [1.54, 1.807) is 0 Å². The number of unbranched alkanes of at least 4 members (excludes halogenated alkanes) is 1. The summed E-state index contributed by atoms with van der Waals surface area (Å²) in [6, 6.07) is 5.27. The predicted molar refractivity (Wildman–Crippen MR) is 86.3 cm³/mol. The molecule has 0 aromatic heterocycles. The molecule has 1 aromatic rings. The van der Waals surface area contributed by atoms with Crippen molar-refractivity contribution in [2.75, 3.05) is 0 Å². The summed E-state index contributed by atoms with van der Waals surface area (Å²) in [5.41, 5.74) is 0.473. The maximum Gasteiger partial charge on any atom is 0.223 e. The second kappa shape index (κ2) is 9.34. The third-order valence-electron chi connectivity index (χ3n) is 3.82. The standard InChI is InChI=1S/C18H26FNO2/c1-4-6-7-14(5-2)18(22)20-13(3)12-17(21)15-8-10-16(19)11-9-15/h8-11,13-14H,4-7,12H2,1-3H3,(H,20,22)/t13-,14+/m0/s1. The summed E-state index contributed by atoms with van der Waals surface area (Å²) in [5, 5.41) is 2.92. The fraction of sp³-hybridized carbons (Fsp3) is 0.556. The molecule has 2 atom stereocenters. The molecule has 0 aliphatic rings. The molecular formula is C18H26FNO2. The Balaban J connectivity index is 2.50. The third-order valence-corrected chi connectivity index (χ3v) is 3.82. The first-order chi connectivity index (χ1) is 10.5. The van der Waals surface area contributed by atoms with Gasteiger partial charge in [-0.1, -0.05) is 26.7 Å². The van der Waals surface area contributed by atoms with Gasteiger partial charge in [0.25, 0.3) is 0 Å². The van der Waals surface area contributed by atoms with Crippen LogP contribution >= 0.6 is 0 Å². The highest BCUT2D eigenvalue weighted by Gasteiger charge is 2.19. The van der Waals surface area contributed by atoms with Crippen LogP contribution in [0.1, 0.15) is 63.2 Å². The molecule has 1 rings (SSSR count). The van der Waals surface area contributed by atoms with Crippen LogP contribution in [0.15, 0.2) is 24.3 Å². The van der Waals surface area contributed by atoms with Crippen molar-refractivity contribution in [3.8, 4) is 0 Å². The number of carbonyl (C=O) groups is 2. The van der Waals surface area contributed by atoms with E-state index in [1.165, 1.54) is 24.3 Å². The van der Waals surface area contributed by atoms with E-state index in [9.17, 15) is 14.0 Å². The molecule has 1 aromatic carbocycles. The molecule has 122 valence electrons. The molecule has 4 heteroatoms. The molecule has 0 fully saturated rings. The van der Waals surface area contributed by atoms with Gasteiger partial charge in [-0.05, 0) is 44.0 Å². The van der Waals surface area contributed by atoms with Crippen LogP contribution in [-0.4, -0.2) is 17.7 Å². The zero-order valence-corrected chi connectivity index (χ0v) is 13.7. The maximum atomic E-state index is 12.8.